The highest BCUT2D eigenvalue weighted by Gasteiger charge is 2.34. The number of ketones is 2. The minimum atomic E-state index is -1.78. The van der Waals surface area contributed by atoms with Crippen molar-refractivity contribution in [3.8, 4) is 0 Å². The Balaban J connectivity index is 2.58. The van der Waals surface area contributed by atoms with Crippen molar-refractivity contribution in [1.29, 1.82) is 0 Å². The Morgan fingerprint density at radius 2 is 0.648 bits per heavy atom. The second-order valence-electron chi connectivity index (χ2n) is 21.6. The molecule has 88 heavy (non-hydrogen) atoms. The summed E-state index contributed by atoms with van der Waals surface area (Å²) < 4.78 is 0. The van der Waals surface area contributed by atoms with Crippen molar-refractivity contribution in [2.24, 2.45) is 17.6 Å². The number of primary amides is 1. The number of carboxylic acids is 7. The molecule has 1 rings (SSSR count). The number of carboxylic acid groups (broad SMARTS) is 7. The predicted molar refractivity (Wildman–Crippen MR) is 315 cm³/mol. The lowest BCUT2D eigenvalue weighted by molar-refractivity contribution is -0.144. The maximum atomic E-state index is 13.3. The van der Waals surface area contributed by atoms with E-state index in [1.165, 1.54) is 21.6 Å². The highest BCUT2D eigenvalue weighted by Crippen LogP contribution is 2.33. The number of nitrogens with one attached hydrogen (secondary N) is 6. The SMILES string of the molecule is NC(=O)CC[C@H](NC(=O)CC[C@H](NC(=O)CC[C@@H](NC(=O)CC[C@H](NC(=O)CC[C@H](NC(=O)CC[C@H](NC(=O)CCCCCCCCCCCCCCCCC(=O)O)C(=O)O)C(=O)O)C(=O)O)C(=O)O)C(=O)O)C(=O)C[C@H]1CSSC[C@@H](C(=O)O)CC1=O. The first-order valence-corrected chi connectivity index (χ1v) is 32.0. The molecule has 15 N–H and O–H groups in total. The van der Waals surface area contributed by atoms with Gasteiger partial charge in [-0.2, -0.15) is 0 Å². The lowest BCUT2D eigenvalue weighted by Crippen LogP contribution is -2.46. The van der Waals surface area contributed by atoms with Gasteiger partial charge in [-0.1, -0.05) is 98.6 Å². The molecule has 496 valence electrons. The number of rotatable bonds is 50. The van der Waals surface area contributed by atoms with Crippen LogP contribution in [0.5, 0.6) is 0 Å². The number of Topliss-reactive ketones (excluding diaryl/α,β-unsaturated/α-hetero) is 2. The number of unbranched alkanes of at least 4 members (excludes halogenated alkanes) is 13. The second kappa shape index (κ2) is 45.0. The lowest BCUT2D eigenvalue weighted by Gasteiger charge is -2.23. The van der Waals surface area contributed by atoms with Crippen LogP contribution in [0.2, 0.25) is 0 Å². The fraction of sp³-hybridized carbons (Fsp3) is 0.714. The van der Waals surface area contributed by atoms with E-state index in [0.717, 1.165) is 77.0 Å². The summed E-state index contributed by atoms with van der Waals surface area (Å²) in [6.07, 6.45) is 6.69. The van der Waals surface area contributed by atoms with E-state index >= 15 is 0 Å². The standard InChI is InChI=1S/C56H87N7O23S2/c57-43(66)23-17-35(42(65)29-33-31-87-88-32-34(51(75)76)30-41(33)64)58-45(68)24-18-37(53(79)80)60-47(70)26-20-39(55(83)84)62-49(72)28-22-40(56(85)86)63-48(71)27-21-38(54(81)82)61-46(69)25-19-36(52(77)78)59-44(67)15-13-11-9-7-5-3-1-2-4-6-8-10-12-14-16-50(73)74/h33-40H,1-32H2,(H2,57,66)(H,58,68)(H,59,67)(H,60,70)(H,61,69)(H,62,72)(H,63,71)(H,73,74)(H,75,76)(H,77,78)(H,79,80)(H,81,82)(H,83,84)(H,85,86)/t33-,34-,35-,36-,37-,38-,39+,40-/m0/s1. The normalized spacial score (nSPS) is 16.0. The van der Waals surface area contributed by atoms with Crippen molar-refractivity contribution < 1.29 is 112 Å². The van der Waals surface area contributed by atoms with E-state index in [1.54, 1.807) is 0 Å². The predicted octanol–water partition coefficient (Wildman–Crippen LogP) is 2.44. The Labute approximate surface area is 516 Å². The molecule has 7 amide bonds. The molecule has 0 spiro atoms. The van der Waals surface area contributed by atoms with Crippen molar-refractivity contribution >= 4 is 116 Å². The Bertz CT molecular complexity index is 2400. The second-order valence-corrected chi connectivity index (χ2v) is 24.1. The van der Waals surface area contributed by atoms with Gasteiger partial charge in [0.25, 0.3) is 0 Å². The van der Waals surface area contributed by atoms with E-state index in [2.05, 4.69) is 31.9 Å². The summed E-state index contributed by atoms with van der Waals surface area (Å²) in [5.41, 5.74) is 5.24. The average molecular weight is 1290 g/mol. The van der Waals surface area contributed by atoms with Crippen molar-refractivity contribution in [3.05, 3.63) is 0 Å². The number of amides is 7. The minimum Gasteiger partial charge on any atom is -0.481 e. The Morgan fingerprint density at radius 3 is 0.943 bits per heavy atom. The van der Waals surface area contributed by atoms with Crippen LogP contribution >= 0.6 is 21.6 Å². The van der Waals surface area contributed by atoms with Crippen LogP contribution in [0.4, 0.5) is 0 Å². The van der Waals surface area contributed by atoms with Gasteiger partial charge in [-0.25, -0.2) is 24.0 Å². The number of hydrogen-bond donors (Lipinski definition) is 14. The molecule has 0 aromatic rings. The number of carbonyl (C=O) groups excluding carboxylic acids is 9. The van der Waals surface area contributed by atoms with Gasteiger partial charge in [-0.3, -0.25) is 52.7 Å². The van der Waals surface area contributed by atoms with E-state index in [-0.39, 0.29) is 43.6 Å². The smallest absolute Gasteiger partial charge is 0.326 e. The summed E-state index contributed by atoms with van der Waals surface area (Å²) in [5, 5.41) is 79.9. The average Bonchev–Trinajstić information content (AvgIpc) is 3.55. The van der Waals surface area contributed by atoms with Gasteiger partial charge in [0.1, 0.15) is 36.0 Å². The first kappa shape index (κ1) is 78.6. The van der Waals surface area contributed by atoms with Crippen molar-refractivity contribution in [2.75, 3.05) is 11.5 Å². The fourth-order valence-electron chi connectivity index (χ4n) is 9.08. The first-order chi connectivity index (χ1) is 41.6. The summed E-state index contributed by atoms with van der Waals surface area (Å²) >= 11 is 0. The van der Waals surface area contributed by atoms with Gasteiger partial charge in [-0.05, 0) is 51.4 Å². The third-order valence-corrected chi connectivity index (χ3v) is 16.8. The van der Waals surface area contributed by atoms with Gasteiger partial charge in [0.2, 0.25) is 41.4 Å². The molecule has 0 aromatic carbocycles. The largest absolute Gasteiger partial charge is 0.481 e. The number of nitrogens with two attached hydrogens (primary N) is 1. The molecule has 0 aliphatic carbocycles. The maximum absolute atomic E-state index is 13.3. The van der Waals surface area contributed by atoms with E-state index < -0.39 is 213 Å². The Kier molecular flexibility index (Phi) is 40.2. The molecule has 1 fully saturated rings. The zero-order valence-corrected chi connectivity index (χ0v) is 50.9. The van der Waals surface area contributed by atoms with E-state index in [4.69, 9.17) is 10.8 Å². The summed E-state index contributed by atoms with van der Waals surface area (Å²) in [5.74, 6) is -18.8. The summed E-state index contributed by atoms with van der Waals surface area (Å²) in [7, 11) is 2.43. The molecule has 30 nitrogen and oxygen atoms in total. The van der Waals surface area contributed by atoms with E-state index in [9.17, 15) is 107 Å². The molecule has 1 aliphatic rings. The van der Waals surface area contributed by atoms with Crippen LogP contribution in [-0.4, -0.2) is 178 Å². The zero-order valence-electron chi connectivity index (χ0n) is 49.3. The topological polar surface area (TPSA) is 513 Å². The molecule has 0 saturated carbocycles. The molecule has 1 heterocycles. The molecular weight excluding hydrogens is 1200 g/mol. The summed E-state index contributed by atoms with van der Waals surface area (Å²) in [4.78, 5) is 196. The van der Waals surface area contributed by atoms with Gasteiger partial charge >= 0.3 is 41.8 Å². The van der Waals surface area contributed by atoms with Gasteiger partial charge in [0.15, 0.2) is 5.78 Å². The van der Waals surface area contributed by atoms with Crippen LogP contribution in [0.1, 0.15) is 193 Å². The third kappa shape index (κ3) is 37.3. The van der Waals surface area contributed by atoms with E-state index in [1.807, 2.05) is 0 Å². The van der Waals surface area contributed by atoms with E-state index in [0.29, 0.717) is 12.8 Å². The van der Waals surface area contributed by atoms with Gasteiger partial charge in [0, 0.05) is 81.6 Å². The molecule has 1 aliphatic heterocycles. The molecule has 0 unspecified atom stereocenters. The van der Waals surface area contributed by atoms with Crippen LogP contribution in [-0.2, 0) is 76.7 Å². The third-order valence-electron chi connectivity index (χ3n) is 14.2. The van der Waals surface area contributed by atoms with Crippen molar-refractivity contribution in [3.63, 3.8) is 0 Å². The van der Waals surface area contributed by atoms with Crippen LogP contribution in [0.25, 0.3) is 0 Å². The van der Waals surface area contributed by atoms with Gasteiger partial charge in [-0.15, -0.1) is 0 Å². The molecule has 32 heteroatoms. The monoisotopic (exact) mass is 1290 g/mol. The van der Waals surface area contributed by atoms with Crippen molar-refractivity contribution in [1.82, 2.24) is 31.9 Å². The maximum Gasteiger partial charge on any atom is 0.326 e. The van der Waals surface area contributed by atoms with Crippen LogP contribution in [0.3, 0.4) is 0 Å². The lowest BCUT2D eigenvalue weighted by atomic mass is 9.90. The Morgan fingerprint density at radius 1 is 0.375 bits per heavy atom. The molecule has 1 saturated heterocycles. The number of carbonyl (C=O) groups is 16. The molecule has 0 aromatic heterocycles. The number of aliphatic carboxylic acids is 7. The quantitative estimate of drug-likeness (QED) is 0.0307. The minimum absolute atomic E-state index is 0.0598. The molecule has 0 bridgehead atoms. The molecule has 8 atom stereocenters. The highest BCUT2D eigenvalue weighted by atomic mass is 33.1. The highest BCUT2D eigenvalue weighted by molar-refractivity contribution is 8.76. The van der Waals surface area contributed by atoms with Gasteiger partial charge < -0.3 is 73.4 Å². The molecule has 0 radical (unpaired) electrons. The van der Waals surface area contributed by atoms with Crippen LogP contribution < -0.4 is 37.6 Å². The first-order valence-electron chi connectivity index (χ1n) is 29.5. The summed E-state index contributed by atoms with van der Waals surface area (Å²) in [6.45, 7) is 0. The Hall–Kier alpha value is -7.38. The fourth-order valence-corrected chi connectivity index (χ4v) is 11.7. The van der Waals surface area contributed by atoms with Crippen LogP contribution in [0.15, 0.2) is 0 Å². The number of hydrogen-bond acceptors (Lipinski definition) is 18. The summed E-state index contributed by atoms with van der Waals surface area (Å²) in [6, 6.07) is -9.78. The molecular formula is C56H87N7O23S2. The van der Waals surface area contributed by atoms with Crippen molar-refractivity contribution in [2.45, 2.75) is 229 Å². The van der Waals surface area contributed by atoms with Crippen LogP contribution in [0, 0.1) is 11.8 Å². The van der Waals surface area contributed by atoms with Gasteiger partial charge in [0.05, 0.1) is 12.0 Å². The zero-order chi connectivity index (χ0) is 66.1.